The number of H-pyrrole nitrogens is 1. The summed E-state index contributed by atoms with van der Waals surface area (Å²) >= 11 is 0. The Bertz CT molecular complexity index is 1020. The van der Waals surface area contributed by atoms with Gasteiger partial charge in [0.1, 0.15) is 11.4 Å². The molecule has 0 spiro atoms. The number of nitrogens with zero attached hydrogens (tertiary/aromatic N) is 5. The molecule has 4 rings (SSSR count). The summed E-state index contributed by atoms with van der Waals surface area (Å²) in [6.45, 7) is 2.38. The van der Waals surface area contributed by atoms with E-state index in [-0.39, 0.29) is 17.2 Å². The lowest BCUT2D eigenvalue weighted by Crippen LogP contribution is -2.49. The van der Waals surface area contributed by atoms with Gasteiger partial charge in [0.05, 0.1) is 12.8 Å². The summed E-state index contributed by atoms with van der Waals surface area (Å²) in [6.07, 6.45) is 0. The summed E-state index contributed by atoms with van der Waals surface area (Å²) in [5.74, 6) is 1.38. The molecule has 1 saturated heterocycles. The Labute approximate surface area is 167 Å². The van der Waals surface area contributed by atoms with Crippen molar-refractivity contribution in [2.24, 2.45) is 0 Å². The molecule has 0 aliphatic carbocycles. The summed E-state index contributed by atoms with van der Waals surface area (Å²) in [6, 6.07) is 14.3. The molecule has 148 valence electrons. The molecule has 1 N–H and O–H groups in total. The van der Waals surface area contributed by atoms with E-state index in [9.17, 15) is 9.59 Å². The highest BCUT2D eigenvalue weighted by atomic mass is 16.5. The van der Waals surface area contributed by atoms with E-state index in [1.54, 1.807) is 12.0 Å². The fraction of sp³-hybridized carbons (Fsp3) is 0.250. The van der Waals surface area contributed by atoms with Gasteiger partial charge in [0.2, 0.25) is 0 Å². The van der Waals surface area contributed by atoms with Crippen LogP contribution in [-0.4, -0.2) is 64.5 Å². The predicted octanol–water partition coefficient (Wildman–Crippen LogP) is 1.20. The average Bonchev–Trinajstić information content (AvgIpc) is 2.79. The predicted molar refractivity (Wildman–Crippen MR) is 107 cm³/mol. The second kappa shape index (κ2) is 8.09. The van der Waals surface area contributed by atoms with Crippen LogP contribution in [0.4, 0.5) is 5.82 Å². The fourth-order valence-electron chi connectivity index (χ4n) is 3.17. The molecule has 9 nitrogen and oxygen atoms in total. The van der Waals surface area contributed by atoms with Gasteiger partial charge in [-0.25, -0.2) is 5.10 Å². The van der Waals surface area contributed by atoms with Gasteiger partial charge in [-0.1, -0.05) is 0 Å². The molecule has 0 radical (unpaired) electrons. The van der Waals surface area contributed by atoms with Crippen LogP contribution in [0.3, 0.4) is 0 Å². The highest BCUT2D eigenvalue weighted by Crippen LogP contribution is 2.22. The van der Waals surface area contributed by atoms with Crippen molar-refractivity contribution in [3.05, 3.63) is 64.6 Å². The molecule has 3 aromatic rings. The van der Waals surface area contributed by atoms with Gasteiger partial charge in [0.15, 0.2) is 5.82 Å². The van der Waals surface area contributed by atoms with Crippen molar-refractivity contribution in [2.45, 2.75) is 0 Å². The van der Waals surface area contributed by atoms with Crippen LogP contribution in [0.25, 0.3) is 11.3 Å². The van der Waals surface area contributed by atoms with E-state index in [1.807, 2.05) is 36.4 Å². The Morgan fingerprint density at radius 1 is 0.966 bits per heavy atom. The van der Waals surface area contributed by atoms with Gasteiger partial charge in [0, 0.05) is 37.8 Å². The van der Waals surface area contributed by atoms with Crippen molar-refractivity contribution in [3.8, 4) is 17.0 Å². The van der Waals surface area contributed by atoms with E-state index >= 15 is 0 Å². The lowest BCUT2D eigenvalue weighted by molar-refractivity contribution is 0.0739. The minimum atomic E-state index is -0.331. The highest BCUT2D eigenvalue weighted by Gasteiger charge is 2.24. The van der Waals surface area contributed by atoms with Gasteiger partial charge in [-0.3, -0.25) is 9.59 Å². The lowest BCUT2D eigenvalue weighted by Gasteiger charge is -2.34. The van der Waals surface area contributed by atoms with Crippen LogP contribution in [0, 0.1) is 0 Å². The molecule has 0 bridgehead atoms. The Balaban J connectivity index is 1.38. The first kappa shape index (κ1) is 18.6. The van der Waals surface area contributed by atoms with Crippen LogP contribution in [0.1, 0.15) is 10.5 Å². The van der Waals surface area contributed by atoms with E-state index < -0.39 is 0 Å². The van der Waals surface area contributed by atoms with Crippen molar-refractivity contribution >= 4 is 11.7 Å². The third-order valence-electron chi connectivity index (χ3n) is 4.83. The second-order valence-electron chi connectivity index (χ2n) is 6.59. The number of carbonyl (C=O) groups is 1. The molecule has 3 heterocycles. The van der Waals surface area contributed by atoms with Crippen molar-refractivity contribution in [3.63, 3.8) is 0 Å². The van der Waals surface area contributed by atoms with Crippen molar-refractivity contribution in [2.75, 3.05) is 38.2 Å². The summed E-state index contributed by atoms with van der Waals surface area (Å²) in [5, 5.41) is 14.8. The zero-order chi connectivity index (χ0) is 20.2. The number of anilines is 1. The number of methoxy groups -OCH3 is 1. The first-order valence-corrected chi connectivity index (χ1v) is 9.22. The molecule has 0 atom stereocenters. The quantitative estimate of drug-likeness (QED) is 0.711. The number of amides is 1. The van der Waals surface area contributed by atoms with E-state index in [4.69, 9.17) is 4.74 Å². The number of ether oxygens (including phenoxy) is 1. The largest absolute Gasteiger partial charge is 0.497 e. The number of carbonyl (C=O) groups excluding carboxylic acids is 1. The fourth-order valence-corrected chi connectivity index (χ4v) is 3.17. The van der Waals surface area contributed by atoms with E-state index in [1.165, 1.54) is 12.1 Å². The maximum Gasteiger partial charge on any atom is 0.274 e. The van der Waals surface area contributed by atoms with Gasteiger partial charge in [0.25, 0.3) is 11.5 Å². The lowest BCUT2D eigenvalue weighted by atomic mass is 10.1. The third-order valence-corrected chi connectivity index (χ3v) is 4.83. The van der Waals surface area contributed by atoms with E-state index in [0.717, 1.165) is 22.8 Å². The number of aromatic amines is 1. The van der Waals surface area contributed by atoms with Gasteiger partial charge >= 0.3 is 0 Å². The molecule has 1 fully saturated rings. The monoisotopic (exact) mass is 392 g/mol. The molecule has 1 aliphatic heterocycles. The van der Waals surface area contributed by atoms with Gasteiger partial charge in [-0.2, -0.15) is 5.10 Å². The van der Waals surface area contributed by atoms with E-state index in [2.05, 4.69) is 25.3 Å². The number of piperazine rings is 1. The molecule has 29 heavy (non-hydrogen) atoms. The molecule has 0 saturated carbocycles. The minimum absolute atomic E-state index is 0.193. The van der Waals surface area contributed by atoms with Crippen molar-refractivity contribution < 1.29 is 9.53 Å². The Morgan fingerprint density at radius 2 is 1.72 bits per heavy atom. The van der Waals surface area contributed by atoms with Gasteiger partial charge in [-0.05, 0) is 42.5 Å². The number of hydrogen-bond donors (Lipinski definition) is 1. The average molecular weight is 392 g/mol. The standard InChI is InChI=1S/C20H20N6O3/c1-29-15-4-2-14(3-5-15)16-6-8-18(23-21-16)25-10-12-26(13-11-25)20(28)17-7-9-19(27)24-22-17/h2-9H,10-13H2,1H3,(H,24,27). The van der Waals surface area contributed by atoms with Crippen LogP contribution in [0.5, 0.6) is 5.75 Å². The van der Waals surface area contributed by atoms with Crippen LogP contribution in [0.2, 0.25) is 0 Å². The summed E-state index contributed by atoms with van der Waals surface area (Å²) in [4.78, 5) is 27.4. The first-order chi connectivity index (χ1) is 14.1. The Morgan fingerprint density at radius 3 is 2.31 bits per heavy atom. The van der Waals surface area contributed by atoms with E-state index in [0.29, 0.717) is 26.2 Å². The Hall–Kier alpha value is -3.75. The summed E-state index contributed by atoms with van der Waals surface area (Å²) < 4.78 is 5.17. The third kappa shape index (κ3) is 4.08. The molecule has 1 aromatic carbocycles. The number of rotatable bonds is 4. The number of hydrogen-bond acceptors (Lipinski definition) is 7. The maximum absolute atomic E-state index is 12.5. The van der Waals surface area contributed by atoms with Crippen LogP contribution in [-0.2, 0) is 0 Å². The van der Waals surface area contributed by atoms with Crippen LogP contribution in [0.15, 0.2) is 53.3 Å². The normalized spacial score (nSPS) is 14.0. The second-order valence-corrected chi connectivity index (χ2v) is 6.59. The Kier molecular flexibility index (Phi) is 5.19. The van der Waals surface area contributed by atoms with Crippen LogP contribution >= 0.6 is 0 Å². The number of nitrogens with one attached hydrogen (secondary N) is 1. The van der Waals surface area contributed by atoms with Gasteiger partial charge in [-0.15, -0.1) is 10.2 Å². The summed E-state index contributed by atoms with van der Waals surface area (Å²) in [5.41, 5.74) is 1.66. The molecule has 1 aliphatic rings. The topological polar surface area (TPSA) is 104 Å². The maximum atomic E-state index is 12.5. The molecular weight excluding hydrogens is 372 g/mol. The molecule has 0 unspecified atom stereocenters. The SMILES string of the molecule is COc1ccc(-c2ccc(N3CCN(C(=O)c4ccc(=O)[nH]n4)CC3)nn2)cc1. The molecule has 2 aromatic heterocycles. The van der Waals surface area contributed by atoms with Gasteiger partial charge < -0.3 is 14.5 Å². The smallest absolute Gasteiger partial charge is 0.274 e. The highest BCUT2D eigenvalue weighted by molar-refractivity contribution is 5.92. The zero-order valence-electron chi connectivity index (χ0n) is 15.9. The number of aromatic nitrogens is 4. The van der Waals surface area contributed by atoms with Crippen molar-refractivity contribution in [1.29, 1.82) is 0 Å². The number of benzene rings is 1. The zero-order valence-corrected chi connectivity index (χ0v) is 15.9. The van der Waals surface area contributed by atoms with Crippen LogP contribution < -0.4 is 15.2 Å². The molecular formula is C20H20N6O3. The molecule has 1 amide bonds. The first-order valence-electron chi connectivity index (χ1n) is 9.22. The minimum Gasteiger partial charge on any atom is -0.497 e. The van der Waals surface area contributed by atoms with Crippen molar-refractivity contribution in [1.82, 2.24) is 25.3 Å². The molecule has 9 heteroatoms. The summed E-state index contributed by atoms with van der Waals surface area (Å²) in [7, 11) is 1.63.